The fourth-order valence-electron chi connectivity index (χ4n) is 5.12. The Morgan fingerprint density at radius 1 is 0.522 bits per heavy atom. The van der Waals surface area contributed by atoms with Crippen molar-refractivity contribution in [1.29, 1.82) is 0 Å². The van der Waals surface area contributed by atoms with Gasteiger partial charge in [0.25, 0.3) is 0 Å². The zero-order valence-electron chi connectivity index (χ0n) is 25.2. The summed E-state index contributed by atoms with van der Waals surface area (Å²) in [7, 11) is 0. The first-order valence-electron chi connectivity index (χ1n) is 14.6. The first kappa shape index (κ1) is 37.4. The van der Waals surface area contributed by atoms with Gasteiger partial charge in [-0.05, 0) is 83.6 Å². The van der Waals surface area contributed by atoms with Gasteiger partial charge < -0.3 is 20.4 Å². The molecular formula is C36H36Cl4O6. The summed E-state index contributed by atoms with van der Waals surface area (Å²) in [6, 6.07) is 28.1. The van der Waals surface area contributed by atoms with E-state index in [2.05, 4.69) is 0 Å². The topological polar surface area (TPSA) is 115 Å². The minimum atomic E-state index is -0.889. The van der Waals surface area contributed by atoms with Crippen molar-refractivity contribution in [3.63, 3.8) is 0 Å². The van der Waals surface area contributed by atoms with Crippen LogP contribution in [0.25, 0.3) is 0 Å². The number of benzene rings is 4. The molecule has 4 N–H and O–H groups in total. The third kappa shape index (κ3) is 11.0. The highest BCUT2D eigenvalue weighted by Crippen LogP contribution is 2.38. The summed E-state index contributed by atoms with van der Waals surface area (Å²) >= 11 is 23.9. The molecule has 0 saturated heterocycles. The van der Waals surface area contributed by atoms with Crippen molar-refractivity contribution >= 4 is 58.3 Å². The van der Waals surface area contributed by atoms with Crippen LogP contribution in [0.1, 0.15) is 73.0 Å². The molecule has 6 nitrogen and oxygen atoms in total. The molecule has 0 saturated carbocycles. The van der Waals surface area contributed by atoms with Crippen molar-refractivity contribution in [2.75, 3.05) is 0 Å². The minimum absolute atomic E-state index is 0.305. The van der Waals surface area contributed by atoms with Crippen LogP contribution in [0.2, 0.25) is 20.1 Å². The third-order valence-electron chi connectivity index (χ3n) is 7.80. The van der Waals surface area contributed by atoms with Crippen LogP contribution in [0.15, 0.2) is 97.1 Å². The molecule has 0 aliphatic heterocycles. The second-order valence-electron chi connectivity index (χ2n) is 11.3. The summed E-state index contributed by atoms with van der Waals surface area (Å²) in [6.45, 7) is 3.27. The van der Waals surface area contributed by atoms with E-state index >= 15 is 0 Å². The number of hydrogen-bond acceptors (Lipinski definition) is 4. The molecule has 244 valence electrons. The van der Waals surface area contributed by atoms with Gasteiger partial charge in [-0.2, -0.15) is 0 Å². The minimum Gasteiger partial charge on any atom is -0.481 e. The number of halogens is 4. The number of aliphatic hydroxyl groups is 2. The Morgan fingerprint density at radius 2 is 0.848 bits per heavy atom. The van der Waals surface area contributed by atoms with Crippen molar-refractivity contribution in [3.8, 4) is 0 Å². The number of carboxylic acid groups (broad SMARTS) is 2. The SMILES string of the molecule is CC(C[C@@H](c1cccc(Cl)c1)[C@H](O)c1ccc(Cl)cc1)C(=O)O.CC(C[C@H](c1cccc(Cl)c1)[C@@H](O)c1ccc(Cl)cc1)C(=O)O. The van der Waals surface area contributed by atoms with Crippen molar-refractivity contribution in [1.82, 2.24) is 0 Å². The summed E-state index contributed by atoms with van der Waals surface area (Å²) in [5.74, 6) is -3.69. The largest absolute Gasteiger partial charge is 0.481 e. The van der Waals surface area contributed by atoms with E-state index in [4.69, 9.17) is 46.4 Å². The molecule has 0 aliphatic carbocycles. The highest BCUT2D eigenvalue weighted by Gasteiger charge is 2.28. The molecule has 4 rings (SSSR count). The van der Waals surface area contributed by atoms with Gasteiger partial charge in [0.15, 0.2) is 0 Å². The molecule has 0 fully saturated rings. The quantitative estimate of drug-likeness (QED) is 0.117. The first-order valence-corrected chi connectivity index (χ1v) is 16.1. The molecule has 4 aromatic carbocycles. The van der Waals surface area contributed by atoms with Crippen LogP contribution in [0.5, 0.6) is 0 Å². The third-order valence-corrected chi connectivity index (χ3v) is 8.77. The van der Waals surface area contributed by atoms with Gasteiger partial charge in [0, 0.05) is 31.9 Å². The average Bonchev–Trinajstić information content (AvgIpc) is 3.02. The molecule has 2 unspecified atom stereocenters. The maximum Gasteiger partial charge on any atom is 0.306 e. The van der Waals surface area contributed by atoms with Gasteiger partial charge in [-0.25, -0.2) is 0 Å². The van der Waals surface area contributed by atoms with Crippen molar-refractivity contribution < 1.29 is 30.0 Å². The molecule has 6 atom stereocenters. The molecule has 0 aromatic heterocycles. The van der Waals surface area contributed by atoms with Crippen molar-refractivity contribution in [2.24, 2.45) is 11.8 Å². The van der Waals surface area contributed by atoms with E-state index in [0.29, 0.717) is 44.1 Å². The van der Waals surface area contributed by atoms with Gasteiger partial charge in [-0.3, -0.25) is 9.59 Å². The number of aliphatic carboxylic acids is 2. The highest BCUT2D eigenvalue weighted by molar-refractivity contribution is 6.31. The summed E-state index contributed by atoms with van der Waals surface area (Å²) in [5.41, 5.74) is 3.01. The molecule has 0 radical (unpaired) electrons. The number of hydrogen-bond donors (Lipinski definition) is 4. The number of rotatable bonds is 12. The summed E-state index contributed by atoms with van der Waals surface area (Å²) in [4.78, 5) is 22.4. The normalized spacial score (nSPS) is 15.0. The summed E-state index contributed by atoms with van der Waals surface area (Å²) < 4.78 is 0. The van der Waals surface area contributed by atoms with Gasteiger partial charge in [0.1, 0.15) is 0 Å². The van der Waals surface area contributed by atoms with E-state index in [1.54, 1.807) is 98.8 Å². The van der Waals surface area contributed by atoms with E-state index in [9.17, 15) is 30.0 Å². The molecule has 0 bridgehead atoms. The predicted octanol–water partition coefficient (Wildman–Crippen LogP) is 9.84. The monoisotopic (exact) mass is 704 g/mol. The fourth-order valence-corrected chi connectivity index (χ4v) is 5.77. The van der Waals surface area contributed by atoms with Gasteiger partial charge in [0.2, 0.25) is 0 Å². The second kappa shape index (κ2) is 17.7. The molecule has 0 amide bonds. The highest BCUT2D eigenvalue weighted by atomic mass is 35.5. The Balaban J connectivity index is 0.000000250. The lowest BCUT2D eigenvalue weighted by Crippen LogP contribution is -2.19. The predicted molar refractivity (Wildman–Crippen MR) is 184 cm³/mol. The molecule has 10 heteroatoms. The molecule has 0 heterocycles. The van der Waals surface area contributed by atoms with Gasteiger partial charge in [-0.1, -0.05) is 109 Å². The Kier molecular flexibility index (Phi) is 14.4. The fraction of sp³-hybridized carbons (Fsp3) is 0.278. The van der Waals surface area contributed by atoms with E-state index in [1.165, 1.54) is 0 Å². The van der Waals surface area contributed by atoms with Gasteiger partial charge >= 0.3 is 11.9 Å². The van der Waals surface area contributed by atoms with E-state index < -0.39 is 36.0 Å². The lowest BCUT2D eigenvalue weighted by Gasteiger charge is -2.25. The van der Waals surface area contributed by atoms with Crippen LogP contribution in [0.4, 0.5) is 0 Å². The van der Waals surface area contributed by atoms with E-state index in [-0.39, 0.29) is 11.8 Å². The molecule has 0 aliphatic rings. The lowest BCUT2D eigenvalue weighted by molar-refractivity contribution is -0.142. The van der Waals surface area contributed by atoms with E-state index in [0.717, 1.165) is 11.1 Å². The van der Waals surface area contributed by atoms with Crippen LogP contribution >= 0.6 is 46.4 Å². The molecule has 4 aromatic rings. The standard InChI is InChI=1S/2C18H18Cl2O3/c2*1-11(18(22)23)9-16(13-3-2-4-15(20)10-13)17(21)12-5-7-14(19)8-6-12/h2*2-8,10-11,16-17,21H,9H2,1H3,(H,22,23)/t2*11?,16-,17+/m10/s1. The zero-order valence-corrected chi connectivity index (χ0v) is 28.3. The molecule has 0 spiro atoms. The van der Waals surface area contributed by atoms with Crippen molar-refractivity contribution in [3.05, 3.63) is 139 Å². The zero-order chi connectivity index (χ0) is 34.0. The van der Waals surface area contributed by atoms with Crippen LogP contribution in [0, 0.1) is 11.8 Å². The van der Waals surface area contributed by atoms with Crippen LogP contribution in [-0.2, 0) is 9.59 Å². The lowest BCUT2D eigenvalue weighted by atomic mass is 9.83. The Bertz CT molecular complexity index is 1460. The van der Waals surface area contributed by atoms with Crippen LogP contribution < -0.4 is 0 Å². The van der Waals surface area contributed by atoms with Crippen molar-refractivity contribution in [2.45, 2.75) is 50.7 Å². The smallest absolute Gasteiger partial charge is 0.306 e. The maximum atomic E-state index is 11.2. The van der Waals surface area contributed by atoms with E-state index in [1.807, 2.05) is 12.1 Å². The second-order valence-corrected chi connectivity index (χ2v) is 13.0. The van der Waals surface area contributed by atoms with Gasteiger partial charge in [-0.15, -0.1) is 0 Å². The Hall–Kier alpha value is -3.10. The average molecular weight is 706 g/mol. The summed E-state index contributed by atoms with van der Waals surface area (Å²) in [5, 5.41) is 42.2. The Morgan fingerprint density at radius 3 is 1.13 bits per heavy atom. The number of aliphatic hydroxyl groups excluding tert-OH is 2. The number of carboxylic acids is 2. The summed E-state index contributed by atoms with van der Waals surface area (Å²) in [6.07, 6.45) is -1.07. The number of carbonyl (C=O) groups is 2. The molecular weight excluding hydrogens is 670 g/mol. The van der Waals surface area contributed by atoms with Gasteiger partial charge in [0.05, 0.1) is 24.0 Å². The van der Waals surface area contributed by atoms with Crippen LogP contribution in [-0.4, -0.2) is 32.4 Å². The Labute approximate surface area is 289 Å². The molecule has 46 heavy (non-hydrogen) atoms. The maximum absolute atomic E-state index is 11.2. The van der Waals surface area contributed by atoms with Crippen LogP contribution in [0.3, 0.4) is 0 Å². The first-order chi connectivity index (χ1) is 21.8.